The van der Waals surface area contributed by atoms with Crippen LogP contribution in [-0.2, 0) is 24.2 Å². The van der Waals surface area contributed by atoms with E-state index in [0.717, 1.165) is 39.4 Å². The first-order valence-electron chi connectivity index (χ1n) is 6.26. The number of fused-ring (bicyclic) bond motifs is 1. The molecular formula is C12H19N3O. The second-order valence-corrected chi connectivity index (χ2v) is 4.68. The maximum absolute atomic E-state index is 5.36. The highest BCUT2D eigenvalue weighted by atomic mass is 16.5. The van der Waals surface area contributed by atoms with Gasteiger partial charge in [-0.15, -0.1) is 0 Å². The molecule has 16 heavy (non-hydrogen) atoms. The highest BCUT2D eigenvalue weighted by Crippen LogP contribution is 2.19. The maximum Gasteiger partial charge on any atom is 0.0952 e. The first kappa shape index (κ1) is 10.3. The minimum atomic E-state index is 0.871. The van der Waals surface area contributed by atoms with Gasteiger partial charge in [-0.05, 0) is 19.3 Å². The van der Waals surface area contributed by atoms with Gasteiger partial charge in [0.05, 0.1) is 25.2 Å². The van der Waals surface area contributed by atoms with Gasteiger partial charge in [0.1, 0.15) is 0 Å². The Morgan fingerprint density at radius 2 is 2.06 bits per heavy atom. The highest BCUT2D eigenvalue weighted by Gasteiger charge is 2.18. The highest BCUT2D eigenvalue weighted by molar-refractivity contribution is 5.15. The van der Waals surface area contributed by atoms with E-state index < -0.39 is 0 Å². The molecule has 0 bridgehead atoms. The number of hydrogen-bond acceptors (Lipinski definition) is 3. The Kier molecular flexibility index (Phi) is 2.93. The lowest BCUT2D eigenvalue weighted by Gasteiger charge is -2.26. The molecule has 4 nitrogen and oxygen atoms in total. The van der Waals surface area contributed by atoms with Gasteiger partial charge in [0.2, 0.25) is 0 Å². The van der Waals surface area contributed by atoms with Gasteiger partial charge < -0.3 is 9.30 Å². The summed E-state index contributed by atoms with van der Waals surface area (Å²) in [4.78, 5) is 7.02. The Morgan fingerprint density at radius 3 is 2.94 bits per heavy atom. The summed E-state index contributed by atoms with van der Waals surface area (Å²) < 4.78 is 7.70. The largest absolute Gasteiger partial charge is 0.379 e. The molecule has 2 aliphatic heterocycles. The molecule has 4 heteroatoms. The van der Waals surface area contributed by atoms with Crippen molar-refractivity contribution in [3.05, 3.63) is 17.7 Å². The minimum Gasteiger partial charge on any atom is -0.379 e. The van der Waals surface area contributed by atoms with Crippen LogP contribution in [0.1, 0.15) is 24.2 Å². The molecule has 0 aliphatic carbocycles. The van der Waals surface area contributed by atoms with E-state index in [2.05, 4.69) is 14.5 Å². The molecule has 1 aromatic heterocycles. The van der Waals surface area contributed by atoms with Gasteiger partial charge in [-0.1, -0.05) is 0 Å². The fourth-order valence-corrected chi connectivity index (χ4v) is 2.61. The van der Waals surface area contributed by atoms with E-state index >= 15 is 0 Å². The molecule has 1 aromatic rings. The summed E-state index contributed by atoms with van der Waals surface area (Å²) in [5.74, 6) is 0. The van der Waals surface area contributed by atoms with E-state index in [1.807, 2.05) is 6.33 Å². The summed E-state index contributed by atoms with van der Waals surface area (Å²) in [6.45, 7) is 6.00. The molecule has 0 amide bonds. The van der Waals surface area contributed by atoms with Crippen LogP contribution < -0.4 is 0 Å². The van der Waals surface area contributed by atoms with Crippen LogP contribution >= 0.6 is 0 Å². The average molecular weight is 221 g/mol. The number of nitrogens with zero attached hydrogens (tertiary/aromatic N) is 3. The lowest BCUT2D eigenvalue weighted by Crippen LogP contribution is -2.36. The number of imidazole rings is 1. The molecule has 1 fully saturated rings. The van der Waals surface area contributed by atoms with Gasteiger partial charge in [0, 0.05) is 31.9 Å². The van der Waals surface area contributed by atoms with Crippen molar-refractivity contribution in [3.63, 3.8) is 0 Å². The average Bonchev–Trinajstić information content (AvgIpc) is 2.74. The third kappa shape index (κ3) is 1.99. The second kappa shape index (κ2) is 4.55. The summed E-state index contributed by atoms with van der Waals surface area (Å²) >= 11 is 0. The van der Waals surface area contributed by atoms with Crippen LogP contribution in [0, 0.1) is 0 Å². The SMILES string of the molecule is c1nc(CN2CCOCC2)c2n1CCCC2. The molecule has 88 valence electrons. The smallest absolute Gasteiger partial charge is 0.0952 e. The van der Waals surface area contributed by atoms with Gasteiger partial charge >= 0.3 is 0 Å². The fraction of sp³-hybridized carbons (Fsp3) is 0.750. The predicted molar refractivity (Wildman–Crippen MR) is 61.3 cm³/mol. The van der Waals surface area contributed by atoms with Gasteiger partial charge in [-0.2, -0.15) is 0 Å². The molecule has 0 saturated carbocycles. The van der Waals surface area contributed by atoms with Gasteiger partial charge in [-0.25, -0.2) is 4.98 Å². The fourth-order valence-electron chi connectivity index (χ4n) is 2.61. The minimum absolute atomic E-state index is 0.871. The Bertz CT molecular complexity index is 355. The molecule has 0 N–H and O–H groups in total. The van der Waals surface area contributed by atoms with Crippen molar-refractivity contribution in [2.24, 2.45) is 0 Å². The number of aryl methyl sites for hydroxylation is 1. The number of rotatable bonds is 2. The zero-order valence-corrected chi connectivity index (χ0v) is 9.69. The predicted octanol–water partition coefficient (Wildman–Crippen LogP) is 1.05. The van der Waals surface area contributed by atoms with Crippen molar-refractivity contribution >= 4 is 0 Å². The van der Waals surface area contributed by atoms with Crippen molar-refractivity contribution in [2.75, 3.05) is 26.3 Å². The topological polar surface area (TPSA) is 30.3 Å². The molecule has 0 aromatic carbocycles. The Hall–Kier alpha value is -0.870. The Labute approximate surface area is 96.2 Å². The summed E-state index contributed by atoms with van der Waals surface area (Å²) in [5, 5.41) is 0. The molecule has 1 saturated heterocycles. The van der Waals surface area contributed by atoms with E-state index in [9.17, 15) is 0 Å². The zero-order chi connectivity index (χ0) is 10.8. The molecule has 0 atom stereocenters. The van der Waals surface area contributed by atoms with Crippen molar-refractivity contribution in [3.8, 4) is 0 Å². The van der Waals surface area contributed by atoms with Crippen LogP contribution in [0.4, 0.5) is 0 Å². The second-order valence-electron chi connectivity index (χ2n) is 4.68. The summed E-state index contributed by atoms with van der Waals surface area (Å²) in [5.41, 5.74) is 2.76. The lowest BCUT2D eigenvalue weighted by atomic mass is 10.1. The van der Waals surface area contributed by atoms with Crippen molar-refractivity contribution in [1.82, 2.24) is 14.5 Å². The van der Waals surface area contributed by atoms with Crippen LogP contribution in [-0.4, -0.2) is 40.8 Å². The van der Waals surface area contributed by atoms with E-state index in [4.69, 9.17) is 4.74 Å². The Balaban J connectivity index is 1.71. The summed E-state index contributed by atoms with van der Waals surface area (Å²) in [6.07, 6.45) is 5.85. The summed E-state index contributed by atoms with van der Waals surface area (Å²) in [6, 6.07) is 0. The molecule has 0 spiro atoms. The number of aromatic nitrogens is 2. The van der Waals surface area contributed by atoms with Crippen LogP contribution in [0.2, 0.25) is 0 Å². The van der Waals surface area contributed by atoms with E-state index in [-0.39, 0.29) is 0 Å². The monoisotopic (exact) mass is 221 g/mol. The van der Waals surface area contributed by atoms with E-state index in [0.29, 0.717) is 0 Å². The first-order valence-corrected chi connectivity index (χ1v) is 6.26. The molecule has 3 rings (SSSR count). The number of hydrogen-bond donors (Lipinski definition) is 0. The molecule has 2 aliphatic rings. The first-order chi connectivity index (χ1) is 7.93. The van der Waals surface area contributed by atoms with Crippen molar-refractivity contribution < 1.29 is 4.74 Å². The molecule has 3 heterocycles. The van der Waals surface area contributed by atoms with E-state index in [1.165, 1.54) is 30.7 Å². The van der Waals surface area contributed by atoms with Gasteiger partial charge in [-0.3, -0.25) is 4.90 Å². The Morgan fingerprint density at radius 1 is 1.19 bits per heavy atom. The molecular weight excluding hydrogens is 202 g/mol. The normalized spacial score (nSPS) is 22.0. The van der Waals surface area contributed by atoms with Crippen molar-refractivity contribution in [1.29, 1.82) is 0 Å². The van der Waals surface area contributed by atoms with Crippen LogP contribution in [0.15, 0.2) is 6.33 Å². The van der Waals surface area contributed by atoms with Crippen LogP contribution in [0.25, 0.3) is 0 Å². The van der Waals surface area contributed by atoms with Crippen molar-refractivity contribution in [2.45, 2.75) is 32.4 Å². The molecule has 0 unspecified atom stereocenters. The van der Waals surface area contributed by atoms with Crippen LogP contribution in [0.5, 0.6) is 0 Å². The van der Waals surface area contributed by atoms with Crippen LogP contribution in [0.3, 0.4) is 0 Å². The summed E-state index contributed by atoms with van der Waals surface area (Å²) in [7, 11) is 0. The third-order valence-electron chi connectivity index (χ3n) is 3.57. The van der Waals surface area contributed by atoms with Gasteiger partial charge in [0.15, 0.2) is 0 Å². The lowest BCUT2D eigenvalue weighted by molar-refractivity contribution is 0.0335. The van der Waals surface area contributed by atoms with Gasteiger partial charge in [0.25, 0.3) is 0 Å². The number of morpholine rings is 1. The zero-order valence-electron chi connectivity index (χ0n) is 9.69. The quantitative estimate of drug-likeness (QED) is 0.748. The standard InChI is InChI=1S/C12H19N3O/c1-2-4-15-10-13-11(12(15)3-1)9-14-5-7-16-8-6-14/h10H,1-9H2. The molecule has 0 radical (unpaired) electrons. The number of ether oxygens (including phenoxy) is 1. The third-order valence-corrected chi connectivity index (χ3v) is 3.57. The maximum atomic E-state index is 5.36. The van der Waals surface area contributed by atoms with E-state index in [1.54, 1.807) is 0 Å².